The van der Waals surface area contributed by atoms with E-state index in [1.165, 1.54) is 11.3 Å². The number of carbonyl (C=O) groups is 1. The van der Waals surface area contributed by atoms with Crippen molar-refractivity contribution in [1.29, 1.82) is 0 Å². The van der Waals surface area contributed by atoms with Crippen LogP contribution < -0.4 is 0 Å². The van der Waals surface area contributed by atoms with Crippen LogP contribution >= 0.6 is 27.3 Å². The molecule has 1 amide bonds. The van der Waals surface area contributed by atoms with Crippen molar-refractivity contribution in [2.75, 3.05) is 13.1 Å². The van der Waals surface area contributed by atoms with E-state index in [1.54, 1.807) is 4.90 Å². The lowest BCUT2D eigenvalue weighted by molar-refractivity contribution is -0.0956. The Hall–Kier alpha value is -0.390. The molecule has 1 saturated heterocycles. The van der Waals surface area contributed by atoms with E-state index in [2.05, 4.69) is 15.9 Å². The molecule has 0 unspecified atom stereocenters. The van der Waals surface area contributed by atoms with Crippen LogP contribution in [0.25, 0.3) is 0 Å². The van der Waals surface area contributed by atoms with Crippen molar-refractivity contribution in [3.63, 3.8) is 0 Å². The highest BCUT2D eigenvalue weighted by atomic mass is 79.9. The quantitative estimate of drug-likeness (QED) is 0.910. The zero-order chi connectivity index (χ0) is 12.2. The summed E-state index contributed by atoms with van der Waals surface area (Å²) in [6.07, 6.45) is 2.23. The van der Waals surface area contributed by atoms with Crippen molar-refractivity contribution in [3.05, 3.63) is 20.3 Å². The number of nitrogens with zero attached hydrogens (tertiary/aromatic N) is 1. The average Bonchev–Trinajstić information content (AvgIpc) is 3.02. The molecule has 0 aromatic carbocycles. The van der Waals surface area contributed by atoms with E-state index in [0.717, 1.165) is 27.1 Å². The number of hydrogen-bond donors (Lipinski definition) is 1. The third kappa shape index (κ3) is 1.94. The molecule has 1 N–H and O–H groups in total. The van der Waals surface area contributed by atoms with Gasteiger partial charge in [0, 0.05) is 0 Å². The third-order valence-corrected chi connectivity index (χ3v) is 5.75. The Morgan fingerprint density at radius 2 is 2.24 bits per heavy atom. The first-order chi connectivity index (χ1) is 7.99. The molecular formula is C12H14BrNO2S. The van der Waals surface area contributed by atoms with Gasteiger partial charge in [0.15, 0.2) is 0 Å². The van der Waals surface area contributed by atoms with Crippen LogP contribution in [0, 0.1) is 12.8 Å². The summed E-state index contributed by atoms with van der Waals surface area (Å²) in [6.45, 7) is 2.99. The molecular weight excluding hydrogens is 302 g/mol. The molecule has 2 aliphatic rings. The highest BCUT2D eigenvalue weighted by Crippen LogP contribution is 2.45. The molecule has 0 radical (unpaired) electrons. The van der Waals surface area contributed by atoms with Gasteiger partial charge in [0.25, 0.3) is 5.91 Å². The first kappa shape index (κ1) is 11.7. The Bertz CT molecular complexity index is 455. The summed E-state index contributed by atoms with van der Waals surface area (Å²) in [4.78, 5) is 14.6. The first-order valence-electron chi connectivity index (χ1n) is 5.77. The molecule has 2 heterocycles. The van der Waals surface area contributed by atoms with Crippen molar-refractivity contribution in [3.8, 4) is 0 Å². The van der Waals surface area contributed by atoms with E-state index in [1.807, 2.05) is 13.0 Å². The lowest BCUT2D eigenvalue weighted by Crippen LogP contribution is -2.64. The molecule has 1 saturated carbocycles. The second-order valence-corrected chi connectivity index (χ2v) is 7.48. The van der Waals surface area contributed by atoms with Crippen LogP contribution in [-0.4, -0.2) is 34.6 Å². The Morgan fingerprint density at radius 3 is 2.71 bits per heavy atom. The van der Waals surface area contributed by atoms with Crippen LogP contribution in [0.2, 0.25) is 0 Å². The number of thiophene rings is 1. The predicted octanol–water partition coefficient (Wildman–Crippen LogP) is 2.42. The molecule has 1 aliphatic carbocycles. The fourth-order valence-electron chi connectivity index (χ4n) is 2.36. The Balaban J connectivity index is 1.68. The topological polar surface area (TPSA) is 40.5 Å². The van der Waals surface area contributed by atoms with Gasteiger partial charge >= 0.3 is 0 Å². The van der Waals surface area contributed by atoms with Gasteiger partial charge in [-0.25, -0.2) is 0 Å². The summed E-state index contributed by atoms with van der Waals surface area (Å²) >= 11 is 4.90. The monoisotopic (exact) mass is 315 g/mol. The summed E-state index contributed by atoms with van der Waals surface area (Å²) in [6, 6.07) is 1.91. The van der Waals surface area contributed by atoms with Crippen molar-refractivity contribution < 1.29 is 9.90 Å². The standard InChI is InChI=1S/C12H14BrNO2S/c1-7-4-9(17-10(7)13)11(15)14-5-12(16,6-14)8-2-3-8/h4,8,16H,2-3,5-6H2,1H3. The molecule has 1 aromatic rings. The predicted molar refractivity (Wildman–Crippen MR) is 70.3 cm³/mol. The summed E-state index contributed by atoms with van der Waals surface area (Å²) < 4.78 is 1.01. The van der Waals surface area contributed by atoms with Crippen molar-refractivity contribution in [2.45, 2.75) is 25.4 Å². The van der Waals surface area contributed by atoms with E-state index >= 15 is 0 Å². The average molecular weight is 316 g/mol. The molecule has 1 aliphatic heterocycles. The van der Waals surface area contributed by atoms with Gasteiger partial charge < -0.3 is 10.0 Å². The lowest BCUT2D eigenvalue weighted by Gasteiger charge is -2.46. The maximum Gasteiger partial charge on any atom is 0.264 e. The Labute approximate surface area is 113 Å². The first-order valence-corrected chi connectivity index (χ1v) is 7.38. The van der Waals surface area contributed by atoms with E-state index in [9.17, 15) is 9.90 Å². The second-order valence-electron chi connectivity index (χ2n) is 5.11. The van der Waals surface area contributed by atoms with Crippen molar-refractivity contribution >= 4 is 33.2 Å². The Morgan fingerprint density at radius 1 is 1.59 bits per heavy atom. The van der Waals surface area contributed by atoms with Gasteiger partial charge in [-0.2, -0.15) is 0 Å². The van der Waals surface area contributed by atoms with Gasteiger partial charge in [-0.1, -0.05) is 0 Å². The highest BCUT2D eigenvalue weighted by Gasteiger charge is 2.53. The number of amides is 1. The molecule has 17 heavy (non-hydrogen) atoms. The van der Waals surface area contributed by atoms with Gasteiger partial charge in [-0.15, -0.1) is 11.3 Å². The molecule has 0 atom stereocenters. The zero-order valence-electron chi connectivity index (χ0n) is 9.57. The van der Waals surface area contributed by atoms with Gasteiger partial charge in [0.1, 0.15) is 5.60 Å². The van der Waals surface area contributed by atoms with Gasteiger partial charge in [0.05, 0.1) is 21.8 Å². The number of rotatable bonds is 2. The van der Waals surface area contributed by atoms with Gasteiger partial charge in [-0.3, -0.25) is 4.79 Å². The maximum atomic E-state index is 12.1. The van der Waals surface area contributed by atoms with Crippen LogP contribution in [0.15, 0.2) is 9.85 Å². The van der Waals surface area contributed by atoms with Crippen LogP contribution in [0.4, 0.5) is 0 Å². The van der Waals surface area contributed by atoms with Crippen molar-refractivity contribution in [2.24, 2.45) is 5.92 Å². The number of β-amino-alcohol motifs (C(OH)–C–C–N with tert-alkyl or cyclic N) is 1. The SMILES string of the molecule is Cc1cc(C(=O)N2CC(O)(C3CC3)C2)sc1Br. The molecule has 5 heteroatoms. The number of hydrogen-bond acceptors (Lipinski definition) is 3. The summed E-state index contributed by atoms with van der Waals surface area (Å²) in [5.74, 6) is 0.484. The van der Waals surface area contributed by atoms with E-state index in [-0.39, 0.29) is 5.91 Å². The number of carbonyl (C=O) groups excluding carboxylic acids is 1. The van der Waals surface area contributed by atoms with Crippen LogP contribution in [-0.2, 0) is 0 Å². The molecule has 3 rings (SSSR count). The maximum absolute atomic E-state index is 12.1. The minimum Gasteiger partial charge on any atom is -0.386 e. The number of halogens is 1. The summed E-state index contributed by atoms with van der Waals surface area (Å²) in [5, 5.41) is 10.2. The molecule has 1 aromatic heterocycles. The van der Waals surface area contributed by atoms with Crippen LogP contribution in [0.3, 0.4) is 0 Å². The van der Waals surface area contributed by atoms with Crippen LogP contribution in [0.5, 0.6) is 0 Å². The molecule has 0 spiro atoms. The minimum atomic E-state index is -0.584. The number of likely N-dealkylation sites (tertiary alicyclic amines) is 1. The smallest absolute Gasteiger partial charge is 0.264 e. The minimum absolute atomic E-state index is 0.0501. The number of aliphatic hydroxyl groups is 1. The van der Waals surface area contributed by atoms with Crippen molar-refractivity contribution in [1.82, 2.24) is 4.90 Å². The summed E-state index contributed by atoms with van der Waals surface area (Å²) in [5.41, 5.74) is 0.510. The van der Waals surface area contributed by atoms with Gasteiger partial charge in [-0.05, 0) is 53.2 Å². The van der Waals surface area contributed by atoms with Gasteiger partial charge in [0.2, 0.25) is 0 Å². The third-order valence-electron chi connectivity index (χ3n) is 3.62. The fourth-order valence-corrected chi connectivity index (χ4v) is 3.86. The molecule has 0 bridgehead atoms. The Kier molecular flexibility index (Phi) is 2.61. The zero-order valence-corrected chi connectivity index (χ0v) is 12.0. The molecule has 92 valence electrons. The van der Waals surface area contributed by atoms with Crippen LogP contribution in [0.1, 0.15) is 28.1 Å². The van der Waals surface area contributed by atoms with E-state index in [4.69, 9.17) is 0 Å². The number of aryl methyl sites for hydroxylation is 1. The fraction of sp³-hybridized carbons (Fsp3) is 0.583. The molecule has 3 nitrogen and oxygen atoms in total. The summed E-state index contributed by atoms with van der Waals surface area (Å²) in [7, 11) is 0. The van der Waals surface area contributed by atoms with E-state index < -0.39 is 5.60 Å². The second kappa shape index (κ2) is 3.80. The van der Waals surface area contributed by atoms with E-state index in [0.29, 0.717) is 19.0 Å². The lowest BCUT2D eigenvalue weighted by atomic mass is 9.88. The largest absolute Gasteiger partial charge is 0.386 e. The highest BCUT2D eigenvalue weighted by molar-refractivity contribution is 9.11. The molecule has 2 fully saturated rings. The normalized spacial score (nSPS) is 22.4.